The number of nitrogens with one attached hydrogen (secondary N) is 1. The summed E-state index contributed by atoms with van der Waals surface area (Å²) in [6.07, 6.45) is -3.57. The quantitative estimate of drug-likeness (QED) is 0.893. The van der Waals surface area contributed by atoms with E-state index in [0.717, 1.165) is 0 Å². The molecule has 2 N–H and O–H groups in total. The lowest BCUT2D eigenvalue weighted by Crippen LogP contribution is -2.62. The van der Waals surface area contributed by atoms with E-state index >= 15 is 0 Å². The fraction of sp³-hybridized carbons (Fsp3) is 0.500. The lowest BCUT2D eigenvalue weighted by Gasteiger charge is -2.28. The highest BCUT2D eigenvalue weighted by atomic mass is 19.4. The molecule has 1 heterocycles. The summed E-state index contributed by atoms with van der Waals surface area (Å²) < 4.78 is 39.9. The predicted octanol–water partition coefficient (Wildman–Crippen LogP) is 2.20. The molecule has 0 aliphatic rings. The zero-order chi connectivity index (χ0) is 15.7. The number of halogens is 3. The average Bonchev–Trinajstić information content (AvgIpc) is 2.75. The van der Waals surface area contributed by atoms with Gasteiger partial charge >= 0.3 is 12.1 Å². The number of hydrogen-bond acceptors (Lipinski definition) is 2. The minimum atomic E-state index is -5.11. The number of aromatic nitrogens is 1. The summed E-state index contributed by atoms with van der Waals surface area (Å²) in [5, 5.41) is 10.3. The normalized spacial score (nSPS) is 14.9. The lowest BCUT2D eigenvalue weighted by molar-refractivity contribution is -0.203. The molecule has 5 nitrogen and oxygen atoms in total. The van der Waals surface area contributed by atoms with Crippen LogP contribution in [0.25, 0.3) is 0 Å². The van der Waals surface area contributed by atoms with Crippen LogP contribution in [0.2, 0.25) is 0 Å². The van der Waals surface area contributed by atoms with Crippen LogP contribution in [0, 0.1) is 0 Å². The molecular formula is C12H15F3N2O3. The van der Waals surface area contributed by atoms with Gasteiger partial charge in [0.15, 0.2) is 0 Å². The van der Waals surface area contributed by atoms with Gasteiger partial charge in [-0.2, -0.15) is 13.2 Å². The minimum absolute atomic E-state index is 0.0308. The first-order valence-electron chi connectivity index (χ1n) is 5.80. The fourth-order valence-electron chi connectivity index (χ4n) is 1.57. The summed E-state index contributed by atoms with van der Waals surface area (Å²) in [4.78, 5) is 22.8. The molecule has 1 unspecified atom stereocenters. The van der Waals surface area contributed by atoms with Crippen LogP contribution < -0.4 is 5.32 Å². The van der Waals surface area contributed by atoms with Crippen LogP contribution in [-0.4, -0.2) is 33.3 Å². The van der Waals surface area contributed by atoms with Gasteiger partial charge in [-0.15, -0.1) is 0 Å². The van der Waals surface area contributed by atoms with Gasteiger partial charge in [0.25, 0.3) is 5.91 Å². The number of nitrogens with zero attached hydrogens (tertiary/aromatic N) is 1. The van der Waals surface area contributed by atoms with Gasteiger partial charge in [0.2, 0.25) is 5.54 Å². The number of carboxylic acids is 1. The second-order valence-corrected chi connectivity index (χ2v) is 4.78. The van der Waals surface area contributed by atoms with Crippen LogP contribution >= 0.6 is 0 Å². The highest BCUT2D eigenvalue weighted by Gasteiger charge is 2.58. The Hall–Kier alpha value is -1.99. The first-order chi connectivity index (χ1) is 9.00. The van der Waals surface area contributed by atoms with Crippen molar-refractivity contribution in [2.45, 2.75) is 38.5 Å². The number of alkyl halides is 3. The van der Waals surface area contributed by atoms with E-state index in [1.165, 1.54) is 22.9 Å². The first-order valence-corrected chi connectivity index (χ1v) is 5.80. The molecule has 0 spiro atoms. The number of hydrogen-bond donors (Lipinski definition) is 2. The number of rotatable bonds is 4. The topological polar surface area (TPSA) is 71.3 Å². The van der Waals surface area contributed by atoms with Gasteiger partial charge < -0.3 is 15.0 Å². The first kappa shape index (κ1) is 16.1. The summed E-state index contributed by atoms with van der Waals surface area (Å²) in [7, 11) is 0. The monoisotopic (exact) mass is 292 g/mol. The van der Waals surface area contributed by atoms with E-state index in [1.54, 1.807) is 19.2 Å². The number of carboxylic acid groups (broad SMARTS) is 1. The van der Waals surface area contributed by atoms with E-state index in [4.69, 9.17) is 5.11 Å². The molecule has 0 saturated heterocycles. The van der Waals surface area contributed by atoms with E-state index in [9.17, 15) is 22.8 Å². The third-order valence-electron chi connectivity index (χ3n) is 2.93. The van der Waals surface area contributed by atoms with Crippen LogP contribution in [0.15, 0.2) is 18.3 Å². The maximum atomic E-state index is 12.8. The Labute approximate surface area is 113 Å². The van der Waals surface area contributed by atoms with Crippen LogP contribution in [-0.2, 0) is 4.79 Å². The highest BCUT2D eigenvalue weighted by molar-refractivity contribution is 5.97. The third-order valence-corrected chi connectivity index (χ3v) is 2.93. The summed E-state index contributed by atoms with van der Waals surface area (Å²) in [6.45, 7) is 3.91. The Morgan fingerprint density at radius 2 is 1.90 bits per heavy atom. The number of carbonyl (C=O) groups is 2. The standard InChI is InChI=1S/C12H15F3N2O3/c1-7(2)17-6-4-5-8(17)9(18)16-11(3,10(19)20)12(13,14)15/h4-7H,1-3H3,(H,16,18)(H,19,20). The van der Waals surface area contributed by atoms with Crippen molar-refractivity contribution >= 4 is 11.9 Å². The molecule has 0 aromatic carbocycles. The maximum absolute atomic E-state index is 12.8. The van der Waals surface area contributed by atoms with E-state index in [-0.39, 0.29) is 11.7 Å². The molecule has 1 aromatic rings. The summed E-state index contributed by atoms with van der Waals surface area (Å²) in [5.41, 5.74) is -3.37. The summed E-state index contributed by atoms with van der Waals surface area (Å²) >= 11 is 0. The zero-order valence-electron chi connectivity index (χ0n) is 11.2. The van der Waals surface area contributed by atoms with Crippen molar-refractivity contribution in [3.8, 4) is 0 Å². The fourth-order valence-corrected chi connectivity index (χ4v) is 1.57. The van der Waals surface area contributed by atoms with Crippen molar-refractivity contribution in [3.05, 3.63) is 24.0 Å². The Morgan fingerprint density at radius 1 is 1.35 bits per heavy atom. The van der Waals surface area contributed by atoms with Gasteiger partial charge in [0.05, 0.1) is 0 Å². The summed E-state index contributed by atoms with van der Waals surface area (Å²) in [6, 6.07) is 2.68. The van der Waals surface area contributed by atoms with Crippen molar-refractivity contribution in [3.63, 3.8) is 0 Å². The molecule has 0 saturated carbocycles. The number of aliphatic carboxylic acids is 1. The van der Waals surface area contributed by atoms with Gasteiger partial charge in [-0.3, -0.25) is 4.79 Å². The molecule has 20 heavy (non-hydrogen) atoms. The molecular weight excluding hydrogens is 277 g/mol. The van der Waals surface area contributed by atoms with E-state index in [0.29, 0.717) is 6.92 Å². The highest BCUT2D eigenvalue weighted by Crippen LogP contribution is 2.30. The molecule has 0 bridgehead atoms. The van der Waals surface area contributed by atoms with Gasteiger partial charge in [-0.1, -0.05) is 0 Å². The molecule has 0 radical (unpaired) electrons. The zero-order valence-corrected chi connectivity index (χ0v) is 11.2. The molecule has 0 fully saturated rings. The minimum Gasteiger partial charge on any atom is -0.479 e. The second-order valence-electron chi connectivity index (χ2n) is 4.78. The van der Waals surface area contributed by atoms with Crippen LogP contribution in [0.4, 0.5) is 13.2 Å². The van der Waals surface area contributed by atoms with Crippen LogP contribution in [0.1, 0.15) is 37.3 Å². The van der Waals surface area contributed by atoms with Crippen molar-refractivity contribution in [1.82, 2.24) is 9.88 Å². The smallest absolute Gasteiger partial charge is 0.422 e. The van der Waals surface area contributed by atoms with Gasteiger partial charge in [-0.25, -0.2) is 4.79 Å². The molecule has 1 aromatic heterocycles. The van der Waals surface area contributed by atoms with Crippen LogP contribution in [0.3, 0.4) is 0 Å². The van der Waals surface area contributed by atoms with Crippen molar-refractivity contribution in [1.29, 1.82) is 0 Å². The van der Waals surface area contributed by atoms with Gasteiger partial charge in [-0.05, 0) is 32.9 Å². The van der Waals surface area contributed by atoms with E-state index in [2.05, 4.69) is 0 Å². The molecule has 112 valence electrons. The average molecular weight is 292 g/mol. The second kappa shape index (κ2) is 5.18. The molecule has 1 atom stereocenters. The Morgan fingerprint density at radius 3 is 2.30 bits per heavy atom. The number of amides is 1. The number of carbonyl (C=O) groups excluding carboxylic acids is 1. The molecule has 8 heteroatoms. The lowest BCUT2D eigenvalue weighted by atomic mass is 10.0. The van der Waals surface area contributed by atoms with Gasteiger partial charge in [0, 0.05) is 12.2 Å². The Balaban J connectivity index is 3.10. The van der Waals surface area contributed by atoms with Crippen LogP contribution in [0.5, 0.6) is 0 Å². The predicted molar refractivity (Wildman–Crippen MR) is 64.4 cm³/mol. The Bertz CT molecular complexity index is 522. The van der Waals surface area contributed by atoms with Crippen molar-refractivity contribution in [2.24, 2.45) is 0 Å². The summed E-state index contributed by atoms with van der Waals surface area (Å²) in [5.74, 6) is -3.26. The Kier molecular flexibility index (Phi) is 4.16. The van der Waals surface area contributed by atoms with Gasteiger partial charge in [0.1, 0.15) is 5.69 Å². The van der Waals surface area contributed by atoms with E-state index in [1.807, 2.05) is 0 Å². The largest absolute Gasteiger partial charge is 0.479 e. The third kappa shape index (κ3) is 2.78. The maximum Gasteiger partial charge on any atom is 0.422 e. The van der Waals surface area contributed by atoms with Crippen molar-refractivity contribution in [2.75, 3.05) is 0 Å². The van der Waals surface area contributed by atoms with Crippen molar-refractivity contribution < 1.29 is 27.9 Å². The molecule has 1 rings (SSSR count). The molecule has 0 aliphatic heterocycles. The van der Waals surface area contributed by atoms with E-state index < -0.39 is 23.6 Å². The SMILES string of the molecule is CC(C)n1cccc1C(=O)NC(C)(C(=O)O)C(F)(F)F. The molecule has 0 aliphatic carbocycles. The molecule has 1 amide bonds.